The van der Waals surface area contributed by atoms with Gasteiger partial charge in [0.2, 0.25) is 0 Å². The lowest BCUT2D eigenvalue weighted by Crippen LogP contribution is -2.32. The van der Waals surface area contributed by atoms with Crippen molar-refractivity contribution in [1.82, 2.24) is 0 Å². The van der Waals surface area contributed by atoms with Gasteiger partial charge in [0.1, 0.15) is 11.5 Å². The Labute approximate surface area is 161 Å². The Morgan fingerprint density at radius 3 is 2.19 bits per heavy atom. The molecule has 144 valence electrons. The molecule has 0 atom stereocenters. The number of anilines is 2. The fourth-order valence-electron chi connectivity index (χ4n) is 3.17. The summed E-state index contributed by atoms with van der Waals surface area (Å²) in [6.45, 7) is 7.04. The lowest BCUT2D eigenvalue weighted by molar-refractivity contribution is -0.118. The molecule has 0 spiro atoms. The minimum Gasteiger partial charge on any atom is -0.494 e. The van der Waals surface area contributed by atoms with E-state index in [4.69, 9.17) is 9.47 Å². The van der Waals surface area contributed by atoms with Crippen LogP contribution in [0.5, 0.6) is 11.5 Å². The van der Waals surface area contributed by atoms with Crippen LogP contribution in [0.4, 0.5) is 11.4 Å². The molecule has 0 aliphatic carbocycles. The Hall–Kier alpha value is -2.69. The van der Waals surface area contributed by atoms with E-state index in [2.05, 4.69) is 29.3 Å². The van der Waals surface area contributed by atoms with Gasteiger partial charge in [-0.25, -0.2) is 0 Å². The zero-order chi connectivity index (χ0) is 19.1. The fourth-order valence-corrected chi connectivity index (χ4v) is 3.17. The molecule has 1 N–H and O–H groups in total. The summed E-state index contributed by atoms with van der Waals surface area (Å²) in [5, 5.41) is 2.87. The van der Waals surface area contributed by atoms with E-state index in [-0.39, 0.29) is 12.5 Å². The van der Waals surface area contributed by atoms with Gasteiger partial charge in [-0.15, -0.1) is 0 Å². The van der Waals surface area contributed by atoms with Gasteiger partial charge in [0, 0.05) is 24.5 Å². The van der Waals surface area contributed by atoms with Crippen LogP contribution in [0.2, 0.25) is 0 Å². The maximum absolute atomic E-state index is 12.1. The van der Waals surface area contributed by atoms with Crippen molar-refractivity contribution in [1.29, 1.82) is 0 Å². The molecule has 0 bridgehead atoms. The van der Waals surface area contributed by atoms with Crippen LogP contribution in [0.1, 0.15) is 26.7 Å². The zero-order valence-electron chi connectivity index (χ0n) is 16.1. The lowest BCUT2D eigenvalue weighted by atomic mass is 9.99. The Morgan fingerprint density at radius 2 is 1.59 bits per heavy atom. The SMILES string of the molecule is CCOc1ccc(OCC(=O)Nc2ccc(N3CCC(C)CC3)cc2)cc1. The second kappa shape index (κ2) is 9.31. The lowest BCUT2D eigenvalue weighted by Gasteiger charge is -2.32. The van der Waals surface area contributed by atoms with Crippen LogP contribution in [0, 0.1) is 5.92 Å². The van der Waals surface area contributed by atoms with Crippen LogP contribution in [0.3, 0.4) is 0 Å². The van der Waals surface area contributed by atoms with Crippen LogP contribution in [-0.4, -0.2) is 32.2 Å². The molecule has 1 amide bonds. The summed E-state index contributed by atoms with van der Waals surface area (Å²) in [5.74, 6) is 2.07. The summed E-state index contributed by atoms with van der Waals surface area (Å²) in [6, 6.07) is 15.3. The predicted molar refractivity (Wildman–Crippen MR) is 109 cm³/mol. The average Bonchev–Trinajstić information content (AvgIpc) is 2.69. The third-order valence-electron chi connectivity index (χ3n) is 4.80. The van der Waals surface area contributed by atoms with Crippen LogP contribution < -0.4 is 19.7 Å². The molecule has 2 aromatic carbocycles. The molecule has 0 unspecified atom stereocenters. The second-order valence-corrected chi connectivity index (χ2v) is 6.96. The minimum atomic E-state index is -0.177. The monoisotopic (exact) mass is 368 g/mol. The van der Waals surface area contributed by atoms with Gasteiger partial charge in [-0.3, -0.25) is 4.79 Å². The molecule has 1 aliphatic rings. The predicted octanol–water partition coefficient (Wildman–Crippen LogP) is 4.34. The highest BCUT2D eigenvalue weighted by molar-refractivity contribution is 5.92. The van der Waals surface area contributed by atoms with Gasteiger partial charge in [0.15, 0.2) is 6.61 Å². The molecule has 5 heteroatoms. The largest absolute Gasteiger partial charge is 0.494 e. The number of ether oxygens (including phenoxy) is 2. The Balaban J connectivity index is 1.46. The maximum atomic E-state index is 12.1. The van der Waals surface area contributed by atoms with E-state index < -0.39 is 0 Å². The standard InChI is InChI=1S/C22H28N2O3/c1-3-26-20-8-10-21(11-9-20)27-16-22(25)23-18-4-6-19(7-5-18)24-14-12-17(2)13-15-24/h4-11,17H,3,12-16H2,1-2H3,(H,23,25). The summed E-state index contributed by atoms with van der Waals surface area (Å²) >= 11 is 0. The number of hydrogen-bond donors (Lipinski definition) is 1. The highest BCUT2D eigenvalue weighted by atomic mass is 16.5. The molecule has 2 aromatic rings. The summed E-state index contributed by atoms with van der Waals surface area (Å²) in [4.78, 5) is 14.5. The van der Waals surface area contributed by atoms with Crippen molar-refractivity contribution in [3.63, 3.8) is 0 Å². The zero-order valence-corrected chi connectivity index (χ0v) is 16.1. The number of piperidine rings is 1. The first-order valence-electron chi connectivity index (χ1n) is 9.64. The van der Waals surface area contributed by atoms with Gasteiger partial charge in [0.05, 0.1) is 6.61 Å². The van der Waals surface area contributed by atoms with Crippen LogP contribution in [0.15, 0.2) is 48.5 Å². The van der Waals surface area contributed by atoms with Crippen LogP contribution in [-0.2, 0) is 4.79 Å². The molecule has 1 fully saturated rings. The number of amides is 1. The summed E-state index contributed by atoms with van der Waals surface area (Å²) < 4.78 is 10.9. The van der Waals surface area contributed by atoms with E-state index >= 15 is 0 Å². The van der Waals surface area contributed by atoms with Gasteiger partial charge in [0.25, 0.3) is 5.91 Å². The van der Waals surface area contributed by atoms with Gasteiger partial charge >= 0.3 is 0 Å². The van der Waals surface area contributed by atoms with Crippen molar-refractivity contribution < 1.29 is 14.3 Å². The number of carbonyl (C=O) groups is 1. The van der Waals surface area contributed by atoms with Gasteiger partial charge in [-0.2, -0.15) is 0 Å². The smallest absolute Gasteiger partial charge is 0.262 e. The molecule has 1 aliphatic heterocycles. The van der Waals surface area contributed by atoms with Crippen molar-refractivity contribution >= 4 is 17.3 Å². The quantitative estimate of drug-likeness (QED) is 0.790. The van der Waals surface area contributed by atoms with Gasteiger partial charge < -0.3 is 19.7 Å². The van der Waals surface area contributed by atoms with E-state index in [1.807, 2.05) is 31.2 Å². The van der Waals surface area contributed by atoms with Crippen LogP contribution in [0.25, 0.3) is 0 Å². The van der Waals surface area contributed by atoms with Crippen molar-refractivity contribution in [3.8, 4) is 11.5 Å². The summed E-state index contributed by atoms with van der Waals surface area (Å²) in [5.41, 5.74) is 2.00. The molecule has 0 saturated carbocycles. The van der Waals surface area contributed by atoms with E-state index in [0.717, 1.165) is 30.4 Å². The molecule has 3 rings (SSSR count). The number of benzene rings is 2. The number of nitrogens with zero attached hydrogens (tertiary/aromatic N) is 1. The highest BCUT2D eigenvalue weighted by Gasteiger charge is 2.15. The molecule has 0 radical (unpaired) electrons. The summed E-state index contributed by atoms with van der Waals surface area (Å²) in [7, 11) is 0. The summed E-state index contributed by atoms with van der Waals surface area (Å²) in [6.07, 6.45) is 2.47. The first-order chi connectivity index (χ1) is 13.1. The van der Waals surface area contributed by atoms with E-state index in [9.17, 15) is 4.79 Å². The normalized spacial score (nSPS) is 14.7. The van der Waals surface area contributed by atoms with Gasteiger partial charge in [-0.05, 0) is 74.2 Å². The van der Waals surface area contributed by atoms with Crippen molar-refractivity contribution in [3.05, 3.63) is 48.5 Å². The highest BCUT2D eigenvalue weighted by Crippen LogP contribution is 2.24. The molecular weight excluding hydrogens is 340 g/mol. The maximum Gasteiger partial charge on any atom is 0.262 e. The average molecular weight is 368 g/mol. The number of rotatable bonds is 7. The van der Waals surface area contributed by atoms with Crippen molar-refractivity contribution in [2.24, 2.45) is 5.92 Å². The van der Waals surface area contributed by atoms with Gasteiger partial charge in [-0.1, -0.05) is 6.92 Å². The second-order valence-electron chi connectivity index (χ2n) is 6.96. The Bertz CT molecular complexity index is 720. The fraction of sp³-hybridized carbons (Fsp3) is 0.409. The molecule has 27 heavy (non-hydrogen) atoms. The first kappa shape index (κ1) is 19.1. The Morgan fingerprint density at radius 1 is 1.00 bits per heavy atom. The third-order valence-corrected chi connectivity index (χ3v) is 4.80. The number of nitrogens with one attached hydrogen (secondary N) is 1. The molecule has 0 aromatic heterocycles. The molecular formula is C22H28N2O3. The van der Waals surface area contributed by atoms with E-state index in [1.54, 1.807) is 12.1 Å². The topological polar surface area (TPSA) is 50.8 Å². The Kier molecular flexibility index (Phi) is 6.58. The molecule has 1 heterocycles. The minimum absolute atomic E-state index is 0.0280. The van der Waals surface area contributed by atoms with E-state index in [0.29, 0.717) is 12.4 Å². The van der Waals surface area contributed by atoms with E-state index in [1.165, 1.54) is 18.5 Å². The van der Waals surface area contributed by atoms with Crippen LogP contribution >= 0.6 is 0 Å². The number of hydrogen-bond acceptors (Lipinski definition) is 4. The third kappa shape index (κ3) is 5.64. The number of carbonyl (C=O) groups excluding carboxylic acids is 1. The van der Waals surface area contributed by atoms with Crippen molar-refractivity contribution in [2.45, 2.75) is 26.7 Å². The molecule has 1 saturated heterocycles. The first-order valence-corrected chi connectivity index (χ1v) is 9.64. The van der Waals surface area contributed by atoms with Crippen molar-refractivity contribution in [2.75, 3.05) is 36.5 Å². The molecule has 5 nitrogen and oxygen atoms in total.